The average Bonchev–Trinajstić information content (AvgIpc) is 3.74. The molecule has 49 heavy (non-hydrogen) atoms. The van der Waals surface area contributed by atoms with E-state index in [1.165, 1.54) is 5.56 Å². The molecule has 8 rings (SSSR count). The molecule has 1 aromatic carbocycles. The van der Waals surface area contributed by atoms with E-state index >= 15 is 8.78 Å². The van der Waals surface area contributed by atoms with Crippen LogP contribution in [0.5, 0.6) is 0 Å². The number of amides is 1. The highest BCUT2D eigenvalue weighted by molar-refractivity contribution is 6.02. The highest BCUT2D eigenvalue weighted by Gasteiger charge is 2.56. The van der Waals surface area contributed by atoms with Crippen LogP contribution in [0.4, 0.5) is 14.5 Å². The van der Waals surface area contributed by atoms with Crippen LogP contribution in [0, 0.1) is 5.41 Å². The van der Waals surface area contributed by atoms with Gasteiger partial charge in [0.05, 0.1) is 36.6 Å². The summed E-state index contributed by atoms with van der Waals surface area (Å²) in [5, 5.41) is 14.7. The summed E-state index contributed by atoms with van der Waals surface area (Å²) in [6.07, 6.45) is 8.38. The fourth-order valence-corrected chi connectivity index (χ4v) is 8.46. The Labute approximate surface area is 285 Å². The van der Waals surface area contributed by atoms with Crippen molar-refractivity contribution in [1.29, 1.82) is 0 Å². The number of halogens is 2. The van der Waals surface area contributed by atoms with Crippen molar-refractivity contribution in [3.8, 4) is 11.3 Å². The molecular formula is C36H45F2N9O2. The highest BCUT2D eigenvalue weighted by atomic mass is 19.3. The number of methoxy groups -OCH3 is 1. The molecule has 1 saturated carbocycles. The van der Waals surface area contributed by atoms with E-state index < -0.39 is 11.3 Å². The summed E-state index contributed by atoms with van der Waals surface area (Å²) in [4.78, 5) is 26.9. The molecule has 3 N–H and O–H groups in total. The van der Waals surface area contributed by atoms with Crippen molar-refractivity contribution >= 4 is 17.4 Å². The van der Waals surface area contributed by atoms with Crippen LogP contribution < -0.4 is 20.9 Å². The molecule has 5 aliphatic rings. The van der Waals surface area contributed by atoms with Crippen LogP contribution in [0.3, 0.4) is 0 Å². The van der Waals surface area contributed by atoms with Crippen molar-refractivity contribution in [3.05, 3.63) is 65.4 Å². The van der Waals surface area contributed by atoms with E-state index in [9.17, 15) is 4.79 Å². The van der Waals surface area contributed by atoms with E-state index in [4.69, 9.17) is 14.8 Å². The first-order valence-corrected chi connectivity index (χ1v) is 17.6. The fraction of sp³-hybridized carbons (Fsp3) is 0.556. The van der Waals surface area contributed by atoms with E-state index in [0.717, 1.165) is 54.2 Å². The van der Waals surface area contributed by atoms with Gasteiger partial charge >= 0.3 is 0 Å². The van der Waals surface area contributed by atoms with Gasteiger partial charge in [-0.2, -0.15) is 5.10 Å². The minimum Gasteiger partial charge on any atom is -0.379 e. The number of hydrogen-bond donors (Lipinski definition) is 3. The summed E-state index contributed by atoms with van der Waals surface area (Å²) >= 11 is 0. The topological polar surface area (TPSA) is 112 Å². The van der Waals surface area contributed by atoms with Gasteiger partial charge in [-0.1, -0.05) is 18.2 Å². The predicted octanol–water partition coefficient (Wildman–Crippen LogP) is 3.95. The monoisotopic (exact) mass is 673 g/mol. The molecule has 3 fully saturated rings. The van der Waals surface area contributed by atoms with Gasteiger partial charge in [-0.15, -0.1) is 0 Å². The Morgan fingerprint density at radius 3 is 2.65 bits per heavy atom. The van der Waals surface area contributed by atoms with Crippen LogP contribution in [0.1, 0.15) is 72.0 Å². The number of hydrogen-bond acceptors (Lipinski definition) is 9. The van der Waals surface area contributed by atoms with Crippen LogP contribution in [0.2, 0.25) is 0 Å². The Balaban J connectivity index is 0.991. The largest absolute Gasteiger partial charge is 0.379 e. The molecule has 1 unspecified atom stereocenters. The molecule has 2 aromatic heterocycles. The van der Waals surface area contributed by atoms with Crippen molar-refractivity contribution in [2.45, 2.75) is 75.6 Å². The fourth-order valence-electron chi connectivity index (χ4n) is 8.46. The third kappa shape index (κ3) is 5.74. The van der Waals surface area contributed by atoms with E-state index in [2.05, 4.69) is 38.0 Å². The van der Waals surface area contributed by atoms with Crippen molar-refractivity contribution in [2.24, 2.45) is 10.5 Å². The number of rotatable bonds is 7. The van der Waals surface area contributed by atoms with Crippen LogP contribution in [0.15, 0.2) is 47.8 Å². The minimum absolute atomic E-state index is 0.0106. The Bertz CT molecular complexity index is 1730. The third-order valence-electron chi connectivity index (χ3n) is 11.6. The van der Waals surface area contributed by atoms with Gasteiger partial charge in [-0.25, -0.2) is 18.4 Å². The molecule has 3 aromatic rings. The summed E-state index contributed by atoms with van der Waals surface area (Å²) in [5.74, 6) is -1.32. The van der Waals surface area contributed by atoms with Gasteiger partial charge in [0.2, 0.25) is 0 Å². The van der Waals surface area contributed by atoms with Crippen LogP contribution in [-0.4, -0.2) is 96.2 Å². The predicted molar refractivity (Wildman–Crippen MR) is 183 cm³/mol. The summed E-state index contributed by atoms with van der Waals surface area (Å²) in [7, 11) is 3.57. The van der Waals surface area contributed by atoms with Crippen molar-refractivity contribution in [1.82, 2.24) is 35.5 Å². The number of piperidine rings is 2. The number of benzene rings is 1. The van der Waals surface area contributed by atoms with E-state index in [-0.39, 0.29) is 30.6 Å². The smallest absolute Gasteiger partial charge is 0.271 e. The molecule has 4 aliphatic heterocycles. The number of fused-ring (bicyclic) bond motifs is 2. The van der Waals surface area contributed by atoms with E-state index in [1.807, 2.05) is 36.3 Å². The summed E-state index contributed by atoms with van der Waals surface area (Å²) in [5.41, 5.74) is 4.67. The zero-order chi connectivity index (χ0) is 33.8. The molecule has 260 valence electrons. The third-order valence-corrected chi connectivity index (χ3v) is 11.6. The number of pyridine rings is 1. The maximum Gasteiger partial charge on any atom is 0.271 e. The Kier molecular flexibility index (Phi) is 8.49. The first-order chi connectivity index (χ1) is 23.8. The average molecular weight is 674 g/mol. The van der Waals surface area contributed by atoms with Gasteiger partial charge < -0.3 is 25.6 Å². The highest BCUT2D eigenvalue weighted by Crippen LogP contribution is 2.50. The van der Waals surface area contributed by atoms with Gasteiger partial charge in [0.15, 0.2) is 0 Å². The maximum atomic E-state index is 15.4. The minimum atomic E-state index is -2.69. The molecule has 2 saturated heterocycles. The molecule has 3 atom stereocenters. The van der Waals surface area contributed by atoms with E-state index in [1.54, 1.807) is 18.0 Å². The SMILES string of the molecule is CNC1CC(N2CCc3c(-c4ccc(CN5CCC6(CCNCC6)C(F)(F)C5)cn4)cccc32)=Nn2c(C(=O)N[C@@H]3CC[C@H]3OC)cnc21. The first-order valence-electron chi connectivity index (χ1n) is 17.6. The molecule has 13 heteroatoms. The number of carbonyl (C=O) groups excluding carboxylic acids is 1. The number of imidazole rings is 1. The second-order valence-electron chi connectivity index (χ2n) is 14.3. The van der Waals surface area contributed by atoms with Crippen LogP contribution >= 0.6 is 0 Å². The quantitative estimate of drug-likeness (QED) is 0.346. The molecule has 11 nitrogen and oxygen atoms in total. The zero-order valence-electron chi connectivity index (χ0n) is 28.2. The summed E-state index contributed by atoms with van der Waals surface area (Å²) < 4.78 is 37.9. The lowest BCUT2D eigenvalue weighted by Crippen LogP contribution is -2.58. The first kappa shape index (κ1) is 32.4. The summed E-state index contributed by atoms with van der Waals surface area (Å²) in [6.45, 7) is 3.05. The Morgan fingerprint density at radius 2 is 1.94 bits per heavy atom. The number of anilines is 1. The van der Waals surface area contributed by atoms with Gasteiger partial charge in [0.25, 0.3) is 11.8 Å². The molecule has 0 radical (unpaired) electrons. The number of amidine groups is 1. The number of likely N-dealkylation sites (tertiary alicyclic amines) is 1. The summed E-state index contributed by atoms with van der Waals surface area (Å²) in [6, 6.07) is 10.2. The Hall–Kier alpha value is -3.78. The second kappa shape index (κ2) is 12.8. The molecule has 0 bridgehead atoms. The molecule has 1 amide bonds. The number of ether oxygens (including phenoxy) is 1. The number of carbonyl (C=O) groups is 1. The number of nitrogens with one attached hydrogen (secondary N) is 3. The van der Waals surface area contributed by atoms with Gasteiger partial charge in [0.1, 0.15) is 17.4 Å². The van der Waals surface area contributed by atoms with Gasteiger partial charge in [-0.3, -0.25) is 14.7 Å². The standard InChI is InChI=1S/C36H45F2N9O2/c1-39-28-18-32(44-47-30(20-42-33(28)47)34(48)43-27-8-9-31(27)49-2)46-16-10-25-24(4-3-5-29(25)46)26-7-6-23(19-41-26)21-45-17-13-35(36(37,38)22-45)11-14-40-15-12-35/h3-7,19-20,27-28,31,39-40H,8-18,21-22H2,1-2H3,(H,43,48)/t27-,28?,31-/m1/s1. The molecular weight excluding hydrogens is 628 g/mol. The van der Waals surface area contributed by atoms with Crippen molar-refractivity contribution in [3.63, 3.8) is 0 Å². The lowest BCUT2D eigenvalue weighted by atomic mass is 9.69. The number of nitrogens with zero attached hydrogens (tertiary/aromatic N) is 6. The zero-order valence-corrected chi connectivity index (χ0v) is 28.2. The van der Waals surface area contributed by atoms with Crippen molar-refractivity contribution < 1.29 is 18.3 Å². The number of alkyl halides is 2. The Morgan fingerprint density at radius 1 is 1.08 bits per heavy atom. The van der Waals surface area contributed by atoms with Crippen molar-refractivity contribution in [2.75, 3.05) is 51.8 Å². The number of aromatic nitrogens is 3. The maximum absolute atomic E-state index is 15.4. The lowest BCUT2D eigenvalue weighted by molar-refractivity contribution is -0.181. The van der Waals surface area contributed by atoms with Gasteiger partial charge in [0, 0.05) is 49.5 Å². The normalized spacial score (nSPS) is 25.8. The van der Waals surface area contributed by atoms with Crippen LogP contribution in [-0.2, 0) is 17.7 Å². The van der Waals surface area contributed by atoms with Gasteiger partial charge in [-0.05, 0) is 88.5 Å². The molecule has 1 aliphatic carbocycles. The molecule has 6 heterocycles. The van der Waals surface area contributed by atoms with E-state index in [0.29, 0.717) is 63.4 Å². The lowest BCUT2D eigenvalue weighted by Gasteiger charge is -2.49. The second-order valence-corrected chi connectivity index (χ2v) is 14.3. The molecule has 1 spiro atoms. The van der Waals surface area contributed by atoms with Crippen LogP contribution in [0.25, 0.3) is 11.3 Å².